The van der Waals surface area contributed by atoms with Gasteiger partial charge in [-0.2, -0.15) is 9.78 Å². The van der Waals surface area contributed by atoms with Gasteiger partial charge in [0.2, 0.25) is 0 Å². The Hall–Kier alpha value is -0.900. The zero-order chi connectivity index (χ0) is 7.31. The highest BCUT2D eigenvalue weighted by Crippen LogP contribution is 2.47. The lowest BCUT2D eigenvalue weighted by atomic mass is 10.1. The molecule has 0 saturated carbocycles. The van der Waals surface area contributed by atoms with E-state index in [1.165, 1.54) is 0 Å². The van der Waals surface area contributed by atoms with Gasteiger partial charge in [0.1, 0.15) is 0 Å². The summed E-state index contributed by atoms with van der Waals surface area (Å²) in [4.78, 5) is 13.8. The normalized spacial score (nSPS) is 20.3. The van der Waals surface area contributed by atoms with Crippen molar-refractivity contribution in [1.82, 2.24) is 0 Å². The van der Waals surface area contributed by atoms with Crippen LogP contribution < -0.4 is 0 Å². The van der Waals surface area contributed by atoms with Crippen molar-refractivity contribution in [2.45, 2.75) is 5.79 Å². The van der Waals surface area contributed by atoms with Crippen LogP contribution in [0.25, 0.3) is 0 Å². The molecule has 0 amide bonds. The first-order chi connectivity index (χ1) is 5.41. The fourth-order valence-corrected chi connectivity index (χ4v) is 1.28. The average molecular weight is 184 g/mol. The third kappa shape index (κ3) is 0.813. The molecule has 0 bridgehead atoms. The van der Waals surface area contributed by atoms with Gasteiger partial charge >= 0.3 is 0 Å². The molecule has 1 fully saturated rings. The molecule has 3 nitrogen and oxygen atoms in total. The molecule has 1 saturated heterocycles. The van der Waals surface area contributed by atoms with Crippen LogP contribution in [0, 0.1) is 0 Å². The van der Waals surface area contributed by atoms with Crippen molar-refractivity contribution in [2.75, 3.05) is 0 Å². The lowest BCUT2D eigenvalue weighted by Gasteiger charge is -1.95. The summed E-state index contributed by atoms with van der Waals surface area (Å²) < 4.78 is 0. The van der Waals surface area contributed by atoms with Crippen molar-refractivity contribution in [1.29, 1.82) is 0 Å². The van der Waals surface area contributed by atoms with E-state index in [0.717, 1.165) is 11.3 Å². The number of para-hydroxylation sites is 1. The first-order valence-electron chi connectivity index (χ1n) is 3.42. The van der Waals surface area contributed by atoms with Gasteiger partial charge in [-0.25, -0.2) is 0 Å². The molecular weight excluding hydrogens is 178 g/mol. The molecule has 1 spiro atoms. The number of nitrogens with zero attached hydrogens (tertiary/aromatic N) is 1. The summed E-state index contributed by atoms with van der Waals surface area (Å²) in [6.07, 6.45) is 1.68. The lowest BCUT2D eigenvalue weighted by molar-refractivity contribution is 0.0850. The summed E-state index contributed by atoms with van der Waals surface area (Å²) in [5, 5.41) is 0. The lowest BCUT2D eigenvalue weighted by Crippen LogP contribution is -2.03. The molecule has 4 heteroatoms. The molecule has 1 aromatic rings. The number of aliphatic imine (C=N–C) groups is 1. The quantitative estimate of drug-likeness (QED) is 0.455. The van der Waals surface area contributed by atoms with E-state index in [0.29, 0.717) is 0 Å². The largest absolute Gasteiger partial charge is 0.296 e. The SMILES string of the molecule is C1=Nc2ccccc2C12OO2.Cl. The van der Waals surface area contributed by atoms with E-state index in [9.17, 15) is 0 Å². The Balaban J connectivity index is 0.000000563. The number of rotatable bonds is 0. The van der Waals surface area contributed by atoms with Gasteiger partial charge in [-0.1, -0.05) is 18.2 Å². The minimum atomic E-state index is -0.614. The molecule has 2 heterocycles. The van der Waals surface area contributed by atoms with Crippen LogP contribution >= 0.6 is 12.4 Å². The Labute approximate surface area is 75.4 Å². The van der Waals surface area contributed by atoms with E-state index in [-0.39, 0.29) is 12.4 Å². The Kier molecular flexibility index (Phi) is 1.48. The zero-order valence-corrected chi connectivity index (χ0v) is 6.88. The highest BCUT2D eigenvalue weighted by molar-refractivity contribution is 5.85. The Morgan fingerprint density at radius 1 is 1.17 bits per heavy atom. The number of hydrogen-bond donors (Lipinski definition) is 0. The van der Waals surface area contributed by atoms with Gasteiger partial charge in [0, 0.05) is 5.56 Å². The van der Waals surface area contributed by atoms with Crippen LogP contribution in [-0.2, 0) is 15.6 Å². The summed E-state index contributed by atoms with van der Waals surface area (Å²) >= 11 is 0. The maximum absolute atomic E-state index is 4.83. The maximum Gasteiger partial charge on any atom is 0.296 e. The minimum absolute atomic E-state index is 0. The number of halogens is 1. The molecule has 0 N–H and O–H groups in total. The first kappa shape index (κ1) is 7.73. The van der Waals surface area contributed by atoms with Crippen LogP contribution in [0.5, 0.6) is 0 Å². The number of fused-ring (bicyclic) bond motifs is 2. The fraction of sp³-hybridized carbons (Fsp3) is 0.125. The summed E-state index contributed by atoms with van der Waals surface area (Å²) in [6.45, 7) is 0. The van der Waals surface area contributed by atoms with E-state index >= 15 is 0 Å². The maximum atomic E-state index is 4.83. The summed E-state index contributed by atoms with van der Waals surface area (Å²) in [7, 11) is 0. The molecule has 62 valence electrons. The molecule has 12 heavy (non-hydrogen) atoms. The van der Waals surface area contributed by atoms with Crippen molar-refractivity contribution in [3.05, 3.63) is 29.8 Å². The Morgan fingerprint density at radius 2 is 1.92 bits per heavy atom. The molecule has 2 aliphatic rings. The van der Waals surface area contributed by atoms with Crippen LogP contribution in [0.3, 0.4) is 0 Å². The third-order valence-electron chi connectivity index (χ3n) is 1.92. The second kappa shape index (κ2) is 2.29. The van der Waals surface area contributed by atoms with E-state index < -0.39 is 5.79 Å². The van der Waals surface area contributed by atoms with E-state index in [1.54, 1.807) is 6.21 Å². The fourth-order valence-electron chi connectivity index (χ4n) is 1.28. The van der Waals surface area contributed by atoms with Gasteiger partial charge in [0.15, 0.2) is 0 Å². The predicted octanol–water partition coefficient (Wildman–Crippen LogP) is 1.94. The number of benzene rings is 1. The second-order valence-electron chi connectivity index (χ2n) is 2.61. The summed E-state index contributed by atoms with van der Waals surface area (Å²) in [5.74, 6) is -0.614. The first-order valence-corrected chi connectivity index (χ1v) is 3.42. The smallest absolute Gasteiger partial charge is 0.254 e. The van der Waals surface area contributed by atoms with Gasteiger partial charge in [-0.15, -0.1) is 12.4 Å². The third-order valence-corrected chi connectivity index (χ3v) is 1.92. The molecule has 1 aromatic carbocycles. The monoisotopic (exact) mass is 183 g/mol. The average Bonchev–Trinajstić information content (AvgIpc) is 2.72. The molecule has 0 aromatic heterocycles. The highest BCUT2D eigenvalue weighted by atomic mass is 35.5. The van der Waals surface area contributed by atoms with E-state index in [4.69, 9.17) is 9.78 Å². The van der Waals surface area contributed by atoms with Gasteiger partial charge in [0.25, 0.3) is 5.79 Å². The van der Waals surface area contributed by atoms with Crippen molar-refractivity contribution >= 4 is 24.3 Å². The van der Waals surface area contributed by atoms with Crippen LogP contribution in [0.4, 0.5) is 5.69 Å². The Morgan fingerprint density at radius 3 is 2.67 bits per heavy atom. The molecule has 3 rings (SSSR count). The van der Waals surface area contributed by atoms with Gasteiger partial charge < -0.3 is 0 Å². The molecule has 0 aliphatic carbocycles. The highest BCUT2D eigenvalue weighted by Gasteiger charge is 2.53. The van der Waals surface area contributed by atoms with E-state index in [2.05, 4.69) is 4.99 Å². The van der Waals surface area contributed by atoms with Crippen molar-refractivity contribution < 1.29 is 9.78 Å². The van der Waals surface area contributed by atoms with Crippen LogP contribution in [0.15, 0.2) is 29.3 Å². The molecule has 0 atom stereocenters. The minimum Gasteiger partial charge on any atom is -0.254 e. The standard InChI is InChI=1S/C8H5NO2.ClH/c1-2-4-7-6(3-1)8(5-9-7)10-11-8;/h1-5H;1H. The molecule has 0 radical (unpaired) electrons. The van der Waals surface area contributed by atoms with Crippen molar-refractivity contribution in [3.63, 3.8) is 0 Å². The molecule has 0 unspecified atom stereocenters. The van der Waals surface area contributed by atoms with Gasteiger partial charge in [-0.05, 0) is 6.07 Å². The van der Waals surface area contributed by atoms with Crippen molar-refractivity contribution in [2.24, 2.45) is 4.99 Å². The topological polar surface area (TPSA) is 37.4 Å². The second-order valence-corrected chi connectivity index (χ2v) is 2.61. The molecule has 2 aliphatic heterocycles. The van der Waals surface area contributed by atoms with E-state index in [1.807, 2.05) is 24.3 Å². The predicted molar refractivity (Wildman–Crippen MR) is 45.7 cm³/mol. The number of hydrogen-bond acceptors (Lipinski definition) is 3. The molecular formula is C8H6ClNO2. The van der Waals surface area contributed by atoms with Crippen LogP contribution in [-0.4, -0.2) is 6.21 Å². The summed E-state index contributed by atoms with van der Waals surface area (Å²) in [6, 6.07) is 7.78. The summed E-state index contributed by atoms with van der Waals surface area (Å²) in [5.41, 5.74) is 1.94. The van der Waals surface area contributed by atoms with Gasteiger partial charge in [0.05, 0.1) is 11.9 Å². The zero-order valence-electron chi connectivity index (χ0n) is 6.06. The van der Waals surface area contributed by atoms with Crippen LogP contribution in [0.2, 0.25) is 0 Å². The van der Waals surface area contributed by atoms with Crippen LogP contribution in [0.1, 0.15) is 5.56 Å². The van der Waals surface area contributed by atoms with Gasteiger partial charge in [-0.3, -0.25) is 4.99 Å². The van der Waals surface area contributed by atoms with Crippen molar-refractivity contribution in [3.8, 4) is 0 Å². The Bertz CT molecular complexity index is 347.